The van der Waals surface area contributed by atoms with Gasteiger partial charge in [-0.2, -0.15) is 0 Å². The van der Waals surface area contributed by atoms with Gasteiger partial charge in [-0.15, -0.1) is 0 Å². The fourth-order valence-electron chi connectivity index (χ4n) is 1.35. The lowest BCUT2D eigenvalue weighted by Gasteiger charge is -2.00. The number of hydrogen-bond donors (Lipinski definition) is 1. The van der Waals surface area contributed by atoms with Crippen molar-refractivity contribution in [3.63, 3.8) is 0 Å². The topological polar surface area (TPSA) is 32.6 Å². The summed E-state index contributed by atoms with van der Waals surface area (Å²) in [6.07, 6.45) is 1.38. The van der Waals surface area contributed by atoms with Crippen LogP contribution in [0.3, 0.4) is 0 Å². The first-order chi connectivity index (χ1) is 8.56. The maximum Gasteiger partial charge on any atom is 0.125 e. The van der Waals surface area contributed by atoms with Crippen molar-refractivity contribution in [1.29, 1.82) is 0 Å². The van der Waals surface area contributed by atoms with Gasteiger partial charge in [0.1, 0.15) is 11.6 Å². The van der Waals surface area contributed by atoms with Crippen LogP contribution in [0.1, 0.15) is 5.56 Å². The summed E-state index contributed by atoms with van der Waals surface area (Å²) >= 11 is 11.7. The van der Waals surface area contributed by atoms with Gasteiger partial charge in [0, 0.05) is 22.9 Å². The van der Waals surface area contributed by atoms with Crippen LogP contribution in [0.15, 0.2) is 41.4 Å². The number of hydrogen-bond acceptors (Lipinski definition) is 2. The highest BCUT2D eigenvalue weighted by atomic mass is 35.5. The molecule has 0 amide bonds. The van der Waals surface area contributed by atoms with E-state index in [-0.39, 0.29) is 11.4 Å². The molecule has 0 saturated carbocycles. The Labute approximate surface area is 113 Å². The van der Waals surface area contributed by atoms with Crippen LogP contribution in [0.4, 0.5) is 10.1 Å². The molecule has 0 fully saturated rings. The predicted molar refractivity (Wildman–Crippen MR) is 71.8 cm³/mol. The van der Waals surface area contributed by atoms with E-state index >= 15 is 0 Å². The van der Waals surface area contributed by atoms with Gasteiger partial charge >= 0.3 is 0 Å². The Balaban J connectivity index is 2.35. The molecule has 0 aromatic heterocycles. The zero-order valence-electron chi connectivity index (χ0n) is 9.07. The molecule has 0 saturated heterocycles. The van der Waals surface area contributed by atoms with Crippen LogP contribution in [0.5, 0.6) is 5.75 Å². The van der Waals surface area contributed by atoms with Gasteiger partial charge in [-0.3, -0.25) is 4.99 Å². The van der Waals surface area contributed by atoms with Crippen molar-refractivity contribution in [3.8, 4) is 5.75 Å². The number of phenols is 1. The molecule has 0 spiro atoms. The van der Waals surface area contributed by atoms with E-state index < -0.39 is 5.82 Å². The van der Waals surface area contributed by atoms with Crippen LogP contribution in [0.25, 0.3) is 0 Å². The average molecular weight is 284 g/mol. The summed E-state index contributed by atoms with van der Waals surface area (Å²) in [6, 6.07) is 8.44. The number of aliphatic imine (C=N–C) groups is 1. The van der Waals surface area contributed by atoms with Crippen LogP contribution in [0, 0.1) is 5.82 Å². The van der Waals surface area contributed by atoms with Crippen LogP contribution in [-0.2, 0) is 0 Å². The molecule has 2 nitrogen and oxygen atoms in total. The molecule has 1 N–H and O–H groups in total. The largest absolute Gasteiger partial charge is 0.507 e. The third-order valence-electron chi connectivity index (χ3n) is 2.24. The maximum absolute atomic E-state index is 13.0. The molecule has 2 aromatic carbocycles. The Morgan fingerprint density at radius 1 is 1.11 bits per heavy atom. The second-order valence-corrected chi connectivity index (χ2v) is 4.40. The molecule has 92 valence electrons. The minimum atomic E-state index is -0.429. The van der Waals surface area contributed by atoms with E-state index in [9.17, 15) is 9.50 Å². The molecule has 5 heteroatoms. The molecule has 0 bridgehead atoms. The molecule has 18 heavy (non-hydrogen) atoms. The van der Waals surface area contributed by atoms with Crippen molar-refractivity contribution < 1.29 is 9.50 Å². The first-order valence-corrected chi connectivity index (χ1v) is 5.79. The third-order valence-corrected chi connectivity index (χ3v) is 2.80. The van der Waals surface area contributed by atoms with Gasteiger partial charge in [0.25, 0.3) is 0 Å². The Bertz CT molecular complexity index is 560. The van der Waals surface area contributed by atoms with Crippen molar-refractivity contribution in [1.82, 2.24) is 0 Å². The first-order valence-electron chi connectivity index (χ1n) is 5.04. The minimum absolute atomic E-state index is 0.0377. The summed E-state index contributed by atoms with van der Waals surface area (Å²) in [6.45, 7) is 0. The first kappa shape index (κ1) is 12.9. The molecule has 2 aromatic rings. The van der Waals surface area contributed by atoms with Gasteiger partial charge in [-0.25, -0.2) is 4.39 Å². The highest BCUT2D eigenvalue weighted by Gasteiger charge is 2.02. The number of aromatic hydroxyl groups is 1. The van der Waals surface area contributed by atoms with E-state index in [0.29, 0.717) is 15.6 Å². The Morgan fingerprint density at radius 3 is 2.67 bits per heavy atom. The maximum atomic E-state index is 13.0. The highest BCUT2D eigenvalue weighted by Crippen LogP contribution is 2.26. The molecule has 0 radical (unpaired) electrons. The zero-order valence-corrected chi connectivity index (χ0v) is 10.6. The minimum Gasteiger partial charge on any atom is -0.507 e. The van der Waals surface area contributed by atoms with Crippen LogP contribution in [-0.4, -0.2) is 11.3 Å². The molecule has 0 aliphatic heterocycles. The summed E-state index contributed by atoms with van der Waals surface area (Å²) in [5.74, 6) is -0.391. The van der Waals surface area contributed by atoms with Crippen LogP contribution < -0.4 is 0 Å². The zero-order chi connectivity index (χ0) is 13.1. The lowest BCUT2D eigenvalue weighted by atomic mass is 10.2. The van der Waals surface area contributed by atoms with E-state index in [0.717, 1.165) is 0 Å². The fraction of sp³-hybridized carbons (Fsp3) is 0. The van der Waals surface area contributed by atoms with Gasteiger partial charge in [0.05, 0.1) is 10.7 Å². The summed E-state index contributed by atoms with van der Waals surface area (Å²) in [4.78, 5) is 4.02. The Morgan fingerprint density at radius 2 is 1.89 bits per heavy atom. The molecule has 2 rings (SSSR count). The summed E-state index contributed by atoms with van der Waals surface area (Å²) < 4.78 is 13.0. The predicted octanol–water partition coefficient (Wildman–Crippen LogP) is 4.59. The third kappa shape index (κ3) is 3.00. The monoisotopic (exact) mass is 283 g/mol. The van der Waals surface area contributed by atoms with Gasteiger partial charge in [0.15, 0.2) is 0 Å². The Hall–Kier alpha value is -1.58. The lowest BCUT2D eigenvalue weighted by Crippen LogP contribution is -1.83. The van der Waals surface area contributed by atoms with Crippen LogP contribution >= 0.6 is 23.2 Å². The molecule has 0 unspecified atom stereocenters. The standard InChI is InChI=1S/C13H8Cl2FNO/c14-9-1-4-13(18)8(5-9)7-17-12-6-10(16)2-3-11(12)15/h1-7,18H. The smallest absolute Gasteiger partial charge is 0.125 e. The van der Waals surface area contributed by atoms with Crippen molar-refractivity contribution in [2.45, 2.75) is 0 Å². The van der Waals surface area contributed by atoms with Crippen molar-refractivity contribution in [3.05, 3.63) is 57.8 Å². The van der Waals surface area contributed by atoms with E-state index in [4.69, 9.17) is 23.2 Å². The van der Waals surface area contributed by atoms with E-state index in [1.165, 1.54) is 30.5 Å². The molecule has 0 heterocycles. The van der Waals surface area contributed by atoms with Crippen molar-refractivity contribution in [2.75, 3.05) is 0 Å². The van der Waals surface area contributed by atoms with Gasteiger partial charge in [-0.1, -0.05) is 23.2 Å². The molecule has 0 aliphatic rings. The summed E-state index contributed by atoms with van der Waals surface area (Å²) in [5.41, 5.74) is 0.721. The molecule has 0 aliphatic carbocycles. The van der Waals surface area contributed by atoms with E-state index in [2.05, 4.69) is 4.99 Å². The SMILES string of the molecule is Oc1ccc(Cl)cc1C=Nc1cc(F)ccc1Cl. The Kier molecular flexibility index (Phi) is 3.84. The number of halogens is 3. The quantitative estimate of drug-likeness (QED) is 0.804. The second-order valence-electron chi connectivity index (χ2n) is 3.56. The summed E-state index contributed by atoms with van der Waals surface area (Å²) in [5, 5.41) is 10.4. The molecular formula is C13H8Cl2FNO. The van der Waals surface area contributed by atoms with E-state index in [1.807, 2.05) is 0 Å². The average Bonchev–Trinajstić information content (AvgIpc) is 2.34. The number of rotatable bonds is 2. The normalized spacial score (nSPS) is 11.1. The van der Waals surface area contributed by atoms with Crippen molar-refractivity contribution >= 4 is 35.1 Å². The van der Waals surface area contributed by atoms with Gasteiger partial charge in [0.2, 0.25) is 0 Å². The van der Waals surface area contributed by atoms with Gasteiger partial charge < -0.3 is 5.11 Å². The van der Waals surface area contributed by atoms with Crippen LogP contribution in [0.2, 0.25) is 10.0 Å². The lowest BCUT2D eigenvalue weighted by molar-refractivity contribution is 0.474. The second kappa shape index (κ2) is 5.38. The van der Waals surface area contributed by atoms with Crippen molar-refractivity contribution in [2.24, 2.45) is 4.99 Å². The molecular weight excluding hydrogens is 276 g/mol. The fourth-order valence-corrected chi connectivity index (χ4v) is 1.70. The van der Waals surface area contributed by atoms with E-state index in [1.54, 1.807) is 12.1 Å². The summed E-state index contributed by atoms with van der Waals surface area (Å²) in [7, 11) is 0. The number of phenolic OH excluding ortho intramolecular Hbond substituents is 1. The molecule has 0 atom stereocenters. The number of benzene rings is 2. The highest BCUT2D eigenvalue weighted by molar-refractivity contribution is 6.33. The van der Waals surface area contributed by atoms with Gasteiger partial charge in [-0.05, 0) is 30.3 Å². The number of nitrogens with zero attached hydrogens (tertiary/aromatic N) is 1.